The minimum atomic E-state index is 0.416. The van der Waals surface area contributed by atoms with E-state index < -0.39 is 0 Å². The molecule has 0 fully saturated rings. The van der Waals surface area contributed by atoms with Crippen molar-refractivity contribution < 1.29 is 0 Å². The molecule has 0 aliphatic heterocycles. The van der Waals surface area contributed by atoms with Crippen LogP contribution in [-0.4, -0.2) is 4.98 Å². The molecule has 0 atom stereocenters. The zero-order chi connectivity index (χ0) is 13.1. The Morgan fingerprint density at radius 1 is 1.50 bits per heavy atom. The van der Waals surface area contributed by atoms with E-state index in [-0.39, 0.29) is 0 Å². The maximum Gasteiger partial charge on any atom is 0.124 e. The normalized spacial score (nSPS) is 11.8. The van der Waals surface area contributed by atoms with Gasteiger partial charge in [-0.15, -0.1) is 11.3 Å². The van der Waals surface area contributed by atoms with E-state index in [1.807, 2.05) is 29.6 Å². The van der Waals surface area contributed by atoms with Crippen molar-refractivity contribution in [2.24, 2.45) is 5.73 Å². The third-order valence-corrected chi connectivity index (χ3v) is 3.46. The molecule has 2 N–H and O–H groups in total. The minimum Gasteiger partial charge on any atom is -0.401 e. The molecule has 0 aliphatic carbocycles. The van der Waals surface area contributed by atoms with Gasteiger partial charge in [0.2, 0.25) is 0 Å². The Morgan fingerprint density at radius 2 is 2.28 bits per heavy atom. The molecule has 2 aromatic rings. The van der Waals surface area contributed by atoms with Gasteiger partial charge in [0, 0.05) is 21.7 Å². The van der Waals surface area contributed by atoms with Crippen LogP contribution in [0, 0.1) is 11.3 Å². The maximum absolute atomic E-state index is 9.03. The number of hydrogen-bond donors (Lipinski definition) is 1. The number of benzene rings is 1. The molecule has 18 heavy (non-hydrogen) atoms. The quantitative estimate of drug-likeness (QED) is 0.851. The summed E-state index contributed by atoms with van der Waals surface area (Å²) >= 11 is 7.40. The largest absolute Gasteiger partial charge is 0.401 e. The van der Waals surface area contributed by atoms with E-state index in [0.29, 0.717) is 22.0 Å². The zero-order valence-corrected chi connectivity index (χ0v) is 11.2. The van der Waals surface area contributed by atoms with E-state index in [0.717, 1.165) is 10.6 Å². The predicted octanol–water partition coefficient (Wildman–Crippen LogP) is 3.68. The van der Waals surface area contributed by atoms with Gasteiger partial charge in [0.1, 0.15) is 11.1 Å². The average Bonchev–Trinajstić information content (AvgIpc) is 2.79. The fraction of sp³-hybridized carbons (Fsp3) is 0.0769. The van der Waals surface area contributed by atoms with Crippen LogP contribution in [0.2, 0.25) is 5.02 Å². The molecule has 0 saturated heterocycles. The Hall–Kier alpha value is -1.83. The Labute approximate surface area is 114 Å². The van der Waals surface area contributed by atoms with Gasteiger partial charge in [0.15, 0.2) is 0 Å². The highest BCUT2D eigenvalue weighted by Crippen LogP contribution is 2.28. The van der Waals surface area contributed by atoms with Crippen LogP contribution in [0.25, 0.3) is 16.1 Å². The number of rotatable bonds is 2. The van der Waals surface area contributed by atoms with E-state index in [4.69, 9.17) is 22.6 Å². The summed E-state index contributed by atoms with van der Waals surface area (Å²) in [6.45, 7) is 1.69. The van der Waals surface area contributed by atoms with Crippen LogP contribution in [0.3, 0.4) is 0 Å². The van der Waals surface area contributed by atoms with Gasteiger partial charge in [-0.1, -0.05) is 23.7 Å². The molecule has 90 valence electrons. The second kappa shape index (κ2) is 5.21. The summed E-state index contributed by atoms with van der Waals surface area (Å²) in [6.07, 6.45) is 0. The third-order valence-electron chi connectivity index (χ3n) is 2.34. The van der Waals surface area contributed by atoms with Crippen LogP contribution in [0.15, 0.2) is 35.3 Å². The molecule has 0 unspecified atom stereocenters. The number of aromatic nitrogens is 1. The number of nitrogens with zero attached hydrogens (tertiary/aromatic N) is 2. The highest BCUT2D eigenvalue weighted by atomic mass is 35.5. The summed E-state index contributed by atoms with van der Waals surface area (Å²) in [4.78, 5) is 4.41. The van der Waals surface area contributed by atoms with Gasteiger partial charge in [0.25, 0.3) is 0 Å². The number of nitrogens with two attached hydrogens (primary N) is 1. The van der Waals surface area contributed by atoms with Gasteiger partial charge in [-0.05, 0) is 19.1 Å². The number of allylic oxidation sites excluding steroid dienone is 2. The van der Waals surface area contributed by atoms with Crippen molar-refractivity contribution in [1.29, 1.82) is 5.26 Å². The molecule has 1 aromatic heterocycles. The van der Waals surface area contributed by atoms with Gasteiger partial charge < -0.3 is 5.73 Å². The lowest BCUT2D eigenvalue weighted by atomic mass is 10.2. The molecule has 0 radical (unpaired) electrons. The van der Waals surface area contributed by atoms with E-state index >= 15 is 0 Å². The first-order valence-electron chi connectivity index (χ1n) is 5.20. The zero-order valence-electron chi connectivity index (χ0n) is 9.64. The number of hydrogen-bond acceptors (Lipinski definition) is 4. The lowest BCUT2D eigenvalue weighted by Gasteiger charge is -1.97. The van der Waals surface area contributed by atoms with Crippen molar-refractivity contribution in [1.82, 2.24) is 4.98 Å². The smallest absolute Gasteiger partial charge is 0.124 e. The molecule has 1 aromatic carbocycles. The van der Waals surface area contributed by atoms with Gasteiger partial charge in [-0.2, -0.15) is 5.26 Å². The Kier molecular flexibility index (Phi) is 3.66. The SMILES string of the molecule is C/C(N)=C(/C#N)c1csc(-c2cccc(Cl)c2)n1. The minimum absolute atomic E-state index is 0.416. The summed E-state index contributed by atoms with van der Waals surface area (Å²) < 4.78 is 0. The Balaban J connectivity index is 2.44. The van der Waals surface area contributed by atoms with Crippen LogP contribution in [-0.2, 0) is 0 Å². The molecule has 3 nitrogen and oxygen atoms in total. The molecule has 5 heteroatoms. The number of nitriles is 1. The Bertz CT molecular complexity index is 648. The van der Waals surface area contributed by atoms with Crippen molar-refractivity contribution in [3.63, 3.8) is 0 Å². The summed E-state index contributed by atoms with van der Waals surface area (Å²) in [7, 11) is 0. The first kappa shape index (κ1) is 12.6. The standard InChI is InChI=1S/C13H10ClN3S/c1-8(16)11(6-15)12-7-18-13(17-12)9-3-2-4-10(14)5-9/h2-5,7H,16H2,1H3/b11-8+. The number of halogens is 1. The second-order valence-corrected chi connectivity index (χ2v) is 5.01. The first-order valence-corrected chi connectivity index (χ1v) is 6.46. The summed E-state index contributed by atoms with van der Waals surface area (Å²) in [6, 6.07) is 9.52. The monoisotopic (exact) mass is 275 g/mol. The average molecular weight is 276 g/mol. The molecule has 0 bridgehead atoms. The fourth-order valence-corrected chi connectivity index (χ4v) is 2.49. The van der Waals surface area contributed by atoms with Gasteiger partial charge >= 0.3 is 0 Å². The van der Waals surface area contributed by atoms with Crippen molar-refractivity contribution in [2.75, 3.05) is 0 Å². The van der Waals surface area contributed by atoms with Crippen LogP contribution in [0.4, 0.5) is 0 Å². The summed E-state index contributed by atoms with van der Waals surface area (Å²) in [5.41, 5.74) is 8.09. The molecule has 0 saturated carbocycles. The Morgan fingerprint density at radius 3 is 2.89 bits per heavy atom. The first-order chi connectivity index (χ1) is 8.61. The van der Waals surface area contributed by atoms with Crippen LogP contribution in [0.1, 0.15) is 12.6 Å². The van der Waals surface area contributed by atoms with Crippen molar-refractivity contribution in [3.05, 3.63) is 46.1 Å². The third kappa shape index (κ3) is 2.53. The summed E-state index contributed by atoms with van der Waals surface area (Å²) in [5, 5.41) is 12.3. The molecule has 1 heterocycles. The van der Waals surface area contributed by atoms with Gasteiger partial charge in [-0.3, -0.25) is 0 Å². The van der Waals surface area contributed by atoms with E-state index in [2.05, 4.69) is 11.1 Å². The van der Waals surface area contributed by atoms with Crippen LogP contribution < -0.4 is 5.73 Å². The van der Waals surface area contributed by atoms with Gasteiger partial charge in [0.05, 0.1) is 11.3 Å². The molecule has 2 rings (SSSR count). The summed E-state index contributed by atoms with van der Waals surface area (Å²) in [5.74, 6) is 0. The van der Waals surface area contributed by atoms with E-state index in [9.17, 15) is 0 Å². The molecule has 0 aliphatic rings. The number of thiazole rings is 1. The highest BCUT2D eigenvalue weighted by molar-refractivity contribution is 7.13. The van der Waals surface area contributed by atoms with E-state index in [1.165, 1.54) is 11.3 Å². The molecular formula is C13H10ClN3S. The van der Waals surface area contributed by atoms with E-state index in [1.54, 1.807) is 6.92 Å². The second-order valence-electron chi connectivity index (χ2n) is 3.72. The molecule has 0 amide bonds. The van der Waals surface area contributed by atoms with Crippen molar-refractivity contribution >= 4 is 28.5 Å². The highest BCUT2D eigenvalue weighted by Gasteiger charge is 2.10. The fourth-order valence-electron chi connectivity index (χ4n) is 1.49. The molecular weight excluding hydrogens is 266 g/mol. The lowest BCUT2D eigenvalue weighted by molar-refractivity contribution is 1.28. The molecule has 0 spiro atoms. The maximum atomic E-state index is 9.03. The van der Waals surface area contributed by atoms with Crippen molar-refractivity contribution in [3.8, 4) is 16.6 Å². The topological polar surface area (TPSA) is 62.7 Å². The van der Waals surface area contributed by atoms with Crippen molar-refractivity contribution in [2.45, 2.75) is 6.92 Å². The lowest BCUT2D eigenvalue weighted by Crippen LogP contribution is -1.96. The van der Waals surface area contributed by atoms with Gasteiger partial charge in [-0.25, -0.2) is 4.98 Å². The predicted molar refractivity (Wildman–Crippen MR) is 75.0 cm³/mol. The van der Waals surface area contributed by atoms with Crippen LogP contribution in [0.5, 0.6) is 0 Å². The van der Waals surface area contributed by atoms with Crippen LogP contribution >= 0.6 is 22.9 Å².